The summed E-state index contributed by atoms with van der Waals surface area (Å²) in [6.45, 7) is 1.13. The number of carbonyl (C=O) groups is 1. The van der Waals surface area contributed by atoms with E-state index in [1.807, 2.05) is 0 Å². The minimum absolute atomic E-state index is 0.0679. The second-order valence-corrected chi connectivity index (χ2v) is 3.85. The maximum absolute atomic E-state index is 13.5. The quantitative estimate of drug-likeness (QED) is 0.834. The van der Waals surface area contributed by atoms with Crippen LogP contribution in [0.4, 0.5) is 4.39 Å². The molecule has 1 rings (SSSR count). The van der Waals surface area contributed by atoms with Crippen molar-refractivity contribution >= 4 is 17.6 Å². The normalized spacial score (nSPS) is 14.7. The molecule has 3 N–H and O–H groups in total. The molecular weight excluding hydrogens is 221 g/mol. The first-order valence-electron chi connectivity index (χ1n) is 4.31. The van der Waals surface area contributed by atoms with Crippen LogP contribution >= 0.6 is 11.6 Å². The van der Waals surface area contributed by atoms with E-state index in [1.54, 1.807) is 0 Å². The van der Waals surface area contributed by atoms with Crippen molar-refractivity contribution in [1.82, 2.24) is 0 Å². The maximum Gasteiger partial charge on any atom is 0.315 e. The van der Waals surface area contributed by atoms with Gasteiger partial charge in [0.05, 0.1) is 0 Å². The maximum atomic E-state index is 13.5. The second kappa shape index (κ2) is 4.16. The molecule has 0 radical (unpaired) electrons. The van der Waals surface area contributed by atoms with Gasteiger partial charge in [-0.15, -0.1) is 0 Å². The van der Waals surface area contributed by atoms with Crippen LogP contribution in [-0.2, 0) is 10.2 Å². The van der Waals surface area contributed by atoms with E-state index in [1.165, 1.54) is 19.1 Å². The number of rotatable bonds is 3. The van der Waals surface area contributed by atoms with Crippen LogP contribution in [0, 0.1) is 5.82 Å². The van der Waals surface area contributed by atoms with Crippen LogP contribution in [0.15, 0.2) is 18.2 Å². The molecule has 0 bridgehead atoms. The lowest BCUT2D eigenvalue weighted by Gasteiger charge is -2.24. The van der Waals surface area contributed by atoms with E-state index in [4.69, 9.17) is 22.4 Å². The first kappa shape index (κ1) is 11.9. The molecule has 0 fully saturated rings. The summed E-state index contributed by atoms with van der Waals surface area (Å²) in [5, 5.41) is 9.10. The van der Waals surface area contributed by atoms with Crippen molar-refractivity contribution in [3.05, 3.63) is 34.6 Å². The van der Waals surface area contributed by atoms with Gasteiger partial charge in [-0.1, -0.05) is 17.7 Å². The van der Waals surface area contributed by atoms with Gasteiger partial charge in [0, 0.05) is 17.1 Å². The van der Waals surface area contributed by atoms with Crippen LogP contribution in [0.1, 0.15) is 12.5 Å². The summed E-state index contributed by atoms with van der Waals surface area (Å²) in [7, 11) is 0. The van der Waals surface area contributed by atoms with Gasteiger partial charge in [-0.2, -0.15) is 0 Å². The molecule has 1 aromatic carbocycles. The number of benzene rings is 1. The summed E-state index contributed by atoms with van der Waals surface area (Å²) in [6.07, 6.45) is 0. The Bertz CT molecular complexity index is 377. The molecule has 0 aliphatic heterocycles. The average Bonchev–Trinajstić information content (AvgIpc) is 2.16. The second-order valence-electron chi connectivity index (χ2n) is 3.44. The molecule has 1 unspecified atom stereocenters. The van der Waals surface area contributed by atoms with Crippen molar-refractivity contribution in [3.8, 4) is 0 Å². The topological polar surface area (TPSA) is 63.3 Å². The molecular formula is C10H11ClFNO2. The minimum atomic E-state index is -1.50. The van der Waals surface area contributed by atoms with E-state index in [2.05, 4.69) is 0 Å². The van der Waals surface area contributed by atoms with Crippen LogP contribution in [-0.4, -0.2) is 17.6 Å². The lowest BCUT2D eigenvalue weighted by molar-refractivity contribution is -0.142. The molecule has 82 valence electrons. The minimum Gasteiger partial charge on any atom is -0.481 e. The largest absolute Gasteiger partial charge is 0.481 e. The Morgan fingerprint density at radius 2 is 2.27 bits per heavy atom. The third kappa shape index (κ3) is 1.96. The fraction of sp³-hybridized carbons (Fsp3) is 0.300. The molecule has 0 aromatic heterocycles. The van der Waals surface area contributed by atoms with Crippen molar-refractivity contribution in [2.45, 2.75) is 12.3 Å². The number of carboxylic acids is 1. The predicted octanol–water partition coefficient (Wildman–Crippen LogP) is 1.78. The molecule has 0 aliphatic rings. The number of nitrogens with two attached hydrogens (primary N) is 1. The van der Waals surface area contributed by atoms with Gasteiger partial charge in [0.25, 0.3) is 0 Å². The summed E-state index contributed by atoms with van der Waals surface area (Å²) < 4.78 is 13.5. The van der Waals surface area contributed by atoms with Crippen LogP contribution in [0.5, 0.6) is 0 Å². The first-order chi connectivity index (χ1) is 6.93. The van der Waals surface area contributed by atoms with E-state index in [9.17, 15) is 9.18 Å². The monoisotopic (exact) mass is 231 g/mol. The third-order valence-corrected chi connectivity index (χ3v) is 2.71. The predicted molar refractivity (Wildman–Crippen MR) is 55.5 cm³/mol. The SMILES string of the molecule is CC(CN)(C(=O)O)c1c(F)cccc1Cl. The van der Waals surface area contributed by atoms with Crippen molar-refractivity contribution in [2.75, 3.05) is 6.54 Å². The zero-order chi connectivity index (χ0) is 11.6. The fourth-order valence-electron chi connectivity index (χ4n) is 1.32. The zero-order valence-electron chi connectivity index (χ0n) is 8.13. The van der Waals surface area contributed by atoms with Gasteiger partial charge in [0.1, 0.15) is 11.2 Å². The van der Waals surface area contributed by atoms with Crippen LogP contribution < -0.4 is 5.73 Å². The number of hydrogen-bond acceptors (Lipinski definition) is 2. The summed E-state index contributed by atoms with van der Waals surface area (Å²) in [4.78, 5) is 11.1. The van der Waals surface area contributed by atoms with Gasteiger partial charge < -0.3 is 10.8 Å². The smallest absolute Gasteiger partial charge is 0.315 e. The van der Waals surface area contributed by atoms with Crippen LogP contribution in [0.2, 0.25) is 5.02 Å². The summed E-state index contributed by atoms with van der Waals surface area (Å²) in [5.74, 6) is -1.85. The Balaban J connectivity index is 3.42. The van der Waals surface area contributed by atoms with Crippen molar-refractivity contribution < 1.29 is 14.3 Å². The third-order valence-electron chi connectivity index (χ3n) is 2.39. The molecule has 0 spiro atoms. The molecule has 0 saturated heterocycles. The Labute approximate surface area is 91.7 Å². The number of halogens is 2. The molecule has 0 amide bonds. The van der Waals surface area contributed by atoms with Gasteiger partial charge in [-0.3, -0.25) is 4.79 Å². The van der Waals surface area contributed by atoms with Gasteiger partial charge >= 0.3 is 5.97 Å². The average molecular weight is 232 g/mol. The highest BCUT2D eigenvalue weighted by molar-refractivity contribution is 6.31. The number of aliphatic carboxylic acids is 1. The Hall–Kier alpha value is -1.13. The molecule has 5 heteroatoms. The Kier molecular flexibility index (Phi) is 3.31. The van der Waals surface area contributed by atoms with Gasteiger partial charge in [-0.25, -0.2) is 4.39 Å². The van der Waals surface area contributed by atoms with Crippen LogP contribution in [0.25, 0.3) is 0 Å². The molecule has 0 heterocycles. The molecule has 1 atom stereocenters. The van der Waals surface area contributed by atoms with Gasteiger partial charge in [-0.05, 0) is 19.1 Å². The summed E-state index contributed by atoms with van der Waals surface area (Å²) >= 11 is 5.78. The van der Waals surface area contributed by atoms with E-state index in [0.717, 1.165) is 6.07 Å². The highest BCUT2D eigenvalue weighted by atomic mass is 35.5. The molecule has 1 aromatic rings. The summed E-state index contributed by atoms with van der Waals surface area (Å²) in [6, 6.07) is 4.02. The highest BCUT2D eigenvalue weighted by Gasteiger charge is 2.37. The van der Waals surface area contributed by atoms with Crippen molar-refractivity contribution in [3.63, 3.8) is 0 Å². The van der Waals surface area contributed by atoms with Crippen molar-refractivity contribution in [2.24, 2.45) is 5.73 Å². The Morgan fingerprint density at radius 1 is 1.67 bits per heavy atom. The highest BCUT2D eigenvalue weighted by Crippen LogP contribution is 2.31. The van der Waals surface area contributed by atoms with E-state index >= 15 is 0 Å². The van der Waals surface area contributed by atoms with E-state index in [-0.39, 0.29) is 17.1 Å². The van der Waals surface area contributed by atoms with E-state index in [0.29, 0.717) is 0 Å². The molecule has 0 saturated carbocycles. The molecule has 3 nitrogen and oxygen atoms in total. The molecule has 15 heavy (non-hydrogen) atoms. The van der Waals surface area contributed by atoms with Gasteiger partial charge in [0.2, 0.25) is 0 Å². The van der Waals surface area contributed by atoms with Crippen LogP contribution in [0.3, 0.4) is 0 Å². The lowest BCUT2D eigenvalue weighted by atomic mass is 9.82. The summed E-state index contributed by atoms with van der Waals surface area (Å²) in [5.41, 5.74) is 3.81. The van der Waals surface area contributed by atoms with E-state index < -0.39 is 17.2 Å². The zero-order valence-corrected chi connectivity index (χ0v) is 8.88. The standard InChI is InChI=1S/C10H11ClFNO2/c1-10(5-13,9(14)15)8-6(11)3-2-4-7(8)12/h2-4H,5,13H2,1H3,(H,14,15). The number of hydrogen-bond donors (Lipinski definition) is 2. The lowest BCUT2D eigenvalue weighted by Crippen LogP contribution is -2.41. The van der Waals surface area contributed by atoms with Gasteiger partial charge in [0.15, 0.2) is 0 Å². The number of carboxylic acid groups (broad SMARTS) is 1. The van der Waals surface area contributed by atoms with Crippen molar-refractivity contribution in [1.29, 1.82) is 0 Å². The Morgan fingerprint density at radius 3 is 2.67 bits per heavy atom. The fourth-order valence-corrected chi connectivity index (χ4v) is 1.69. The first-order valence-corrected chi connectivity index (χ1v) is 4.69. The molecule has 0 aliphatic carbocycles.